The molecular weight excluding hydrogens is 298 g/mol. The van der Waals surface area contributed by atoms with E-state index in [2.05, 4.69) is 43.4 Å². The molecule has 1 aliphatic rings. The average molecular weight is 323 g/mol. The molecule has 3 rings (SSSR count). The van der Waals surface area contributed by atoms with E-state index in [1.807, 2.05) is 18.2 Å². The number of para-hydroxylation sites is 1. The molecule has 3 nitrogen and oxygen atoms in total. The second kappa shape index (κ2) is 7.52. The van der Waals surface area contributed by atoms with Crippen molar-refractivity contribution >= 4 is 5.91 Å². The van der Waals surface area contributed by atoms with E-state index >= 15 is 0 Å². The van der Waals surface area contributed by atoms with Crippen molar-refractivity contribution in [1.82, 2.24) is 5.32 Å². The van der Waals surface area contributed by atoms with Gasteiger partial charge in [-0.1, -0.05) is 42.0 Å². The van der Waals surface area contributed by atoms with Gasteiger partial charge in [0.15, 0.2) is 0 Å². The minimum absolute atomic E-state index is 0.119. The van der Waals surface area contributed by atoms with Gasteiger partial charge < -0.3 is 10.1 Å². The maximum absolute atomic E-state index is 12.1. The molecule has 3 heteroatoms. The Morgan fingerprint density at radius 3 is 2.88 bits per heavy atom. The number of ether oxygens (including phenoxy) is 1. The summed E-state index contributed by atoms with van der Waals surface area (Å²) in [6.45, 7) is 5.55. The van der Waals surface area contributed by atoms with E-state index in [1.165, 1.54) is 22.3 Å². The standard InChI is InChI=1S/C21H25NO2/c1-15-7-8-18(16(2)11-15)9-10-21(23)22-13-17-12-19-5-3-4-6-20(19)24-14-17/h3-8,11,17H,9-10,12-14H2,1-2H3,(H,22,23). The van der Waals surface area contributed by atoms with Crippen LogP contribution in [0.1, 0.15) is 28.7 Å². The number of aryl methyl sites for hydroxylation is 3. The van der Waals surface area contributed by atoms with Gasteiger partial charge in [-0.25, -0.2) is 0 Å². The molecule has 0 aromatic heterocycles. The molecule has 1 aliphatic heterocycles. The fourth-order valence-electron chi connectivity index (χ4n) is 3.24. The zero-order chi connectivity index (χ0) is 16.9. The first kappa shape index (κ1) is 16.6. The van der Waals surface area contributed by atoms with Crippen molar-refractivity contribution in [3.8, 4) is 5.75 Å². The number of benzene rings is 2. The summed E-state index contributed by atoms with van der Waals surface area (Å²) in [5, 5.41) is 3.07. The van der Waals surface area contributed by atoms with Crippen LogP contribution in [0.25, 0.3) is 0 Å². The Morgan fingerprint density at radius 1 is 1.21 bits per heavy atom. The smallest absolute Gasteiger partial charge is 0.220 e. The molecule has 0 spiro atoms. The number of hydrogen-bond donors (Lipinski definition) is 1. The minimum atomic E-state index is 0.119. The SMILES string of the molecule is Cc1ccc(CCC(=O)NCC2COc3ccccc3C2)c(C)c1. The Labute approximate surface area is 144 Å². The van der Waals surface area contributed by atoms with E-state index in [0.717, 1.165) is 18.6 Å². The van der Waals surface area contributed by atoms with Crippen molar-refractivity contribution in [1.29, 1.82) is 0 Å². The summed E-state index contributed by atoms with van der Waals surface area (Å²) in [6.07, 6.45) is 2.30. The topological polar surface area (TPSA) is 38.3 Å². The number of nitrogens with one attached hydrogen (secondary N) is 1. The first-order chi connectivity index (χ1) is 11.6. The zero-order valence-electron chi connectivity index (χ0n) is 14.5. The van der Waals surface area contributed by atoms with Crippen molar-refractivity contribution in [2.24, 2.45) is 5.92 Å². The molecule has 0 fully saturated rings. The quantitative estimate of drug-likeness (QED) is 0.913. The van der Waals surface area contributed by atoms with E-state index in [-0.39, 0.29) is 5.91 Å². The van der Waals surface area contributed by atoms with Crippen LogP contribution in [0.5, 0.6) is 5.75 Å². The van der Waals surface area contributed by atoms with E-state index < -0.39 is 0 Å². The Hall–Kier alpha value is -2.29. The molecule has 24 heavy (non-hydrogen) atoms. The highest BCUT2D eigenvalue weighted by Gasteiger charge is 2.19. The molecule has 2 aromatic carbocycles. The van der Waals surface area contributed by atoms with Crippen LogP contribution in [0.3, 0.4) is 0 Å². The van der Waals surface area contributed by atoms with Gasteiger partial charge in [0.1, 0.15) is 5.75 Å². The van der Waals surface area contributed by atoms with Crippen LogP contribution >= 0.6 is 0 Å². The number of carbonyl (C=O) groups is 1. The average Bonchev–Trinajstić information content (AvgIpc) is 2.59. The van der Waals surface area contributed by atoms with Gasteiger partial charge in [0.2, 0.25) is 5.91 Å². The van der Waals surface area contributed by atoms with Crippen LogP contribution < -0.4 is 10.1 Å². The third kappa shape index (κ3) is 4.16. The lowest BCUT2D eigenvalue weighted by molar-refractivity contribution is -0.121. The number of hydrogen-bond acceptors (Lipinski definition) is 2. The van der Waals surface area contributed by atoms with E-state index in [9.17, 15) is 4.79 Å². The highest BCUT2D eigenvalue weighted by Crippen LogP contribution is 2.26. The summed E-state index contributed by atoms with van der Waals surface area (Å²) in [5.41, 5.74) is 5.02. The van der Waals surface area contributed by atoms with Crippen LogP contribution in [-0.4, -0.2) is 19.1 Å². The number of amides is 1. The van der Waals surface area contributed by atoms with Gasteiger partial charge in [0, 0.05) is 18.9 Å². The fraction of sp³-hybridized carbons (Fsp3) is 0.381. The molecule has 0 saturated carbocycles. The summed E-state index contributed by atoms with van der Waals surface area (Å²) < 4.78 is 5.77. The molecule has 1 unspecified atom stereocenters. The lowest BCUT2D eigenvalue weighted by Crippen LogP contribution is -2.34. The molecule has 0 radical (unpaired) electrons. The van der Waals surface area contributed by atoms with Gasteiger partial charge >= 0.3 is 0 Å². The third-order valence-electron chi connectivity index (χ3n) is 4.66. The van der Waals surface area contributed by atoms with Crippen molar-refractivity contribution in [2.75, 3.05) is 13.2 Å². The zero-order valence-corrected chi connectivity index (χ0v) is 14.5. The molecule has 1 heterocycles. The molecular formula is C21H25NO2. The Morgan fingerprint density at radius 2 is 2.04 bits per heavy atom. The van der Waals surface area contributed by atoms with Gasteiger partial charge in [0.05, 0.1) is 6.61 Å². The Balaban J connectivity index is 1.45. The maximum atomic E-state index is 12.1. The van der Waals surface area contributed by atoms with Crippen LogP contribution in [0.15, 0.2) is 42.5 Å². The minimum Gasteiger partial charge on any atom is -0.493 e. The van der Waals surface area contributed by atoms with E-state index in [0.29, 0.717) is 25.5 Å². The molecule has 2 aromatic rings. The van der Waals surface area contributed by atoms with Crippen LogP contribution in [0, 0.1) is 19.8 Å². The van der Waals surface area contributed by atoms with Crippen molar-refractivity contribution in [2.45, 2.75) is 33.1 Å². The second-order valence-corrected chi connectivity index (χ2v) is 6.72. The molecule has 0 aliphatic carbocycles. The molecule has 0 bridgehead atoms. The normalized spacial score (nSPS) is 16.2. The first-order valence-corrected chi connectivity index (χ1v) is 8.65. The van der Waals surface area contributed by atoms with Gasteiger partial charge in [-0.3, -0.25) is 4.79 Å². The molecule has 1 atom stereocenters. The summed E-state index contributed by atoms with van der Waals surface area (Å²) in [6, 6.07) is 14.5. The lowest BCUT2D eigenvalue weighted by atomic mass is 9.96. The molecule has 1 amide bonds. The summed E-state index contributed by atoms with van der Waals surface area (Å²) in [4.78, 5) is 12.1. The van der Waals surface area contributed by atoms with Gasteiger partial charge in [0.25, 0.3) is 0 Å². The predicted octanol–water partition coefficient (Wildman–Crippen LogP) is 3.60. The maximum Gasteiger partial charge on any atom is 0.220 e. The van der Waals surface area contributed by atoms with E-state index in [1.54, 1.807) is 0 Å². The van der Waals surface area contributed by atoms with E-state index in [4.69, 9.17) is 4.74 Å². The van der Waals surface area contributed by atoms with Crippen LogP contribution in [0.4, 0.5) is 0 Å². The number of carbonyl (C=O) groups excluding carboxylic acids is 1. The van der Waals surface area contributed by atoms with Crippen molar-refractivity contribution in [3.63, 3.8) is 0 Å². The van der Waals surface area contributed by atoms with Gasteiger partial charge in [-0.15, -0.1) is 0 Å². The lowest BCUT2D eigenvalue weighted by Gasteiger charge is -2.25. The first-order valence-electron chi connectivity index (χ1n) is 8.65. The van der Waals surface area contributed by atoms with Gasteiger partial charge in [-0.2, -0.15) is 0 Å². The Kier molecular flexibility index (Phi) is 5.19. The largest absolute Gasteiger partial charge is 0.493 e. The second-order valence-electron chi connectivity index (χ2n) is 6.72. The third-order valence-corrected chi connectivity index (χ3v) is 4.66. The number of rotatable bonds is 5. The number of fused-ring (bicyclic) bond motifs is 1. The van der Waals surface area contributed by atoms with Crippen LogP contribution in [0.2, 0.25) is 0 Å². The molecule has 1 N–H and O–H groups in total. The molecule has 126 valence electrons. The predicted molar refractivity (Wildman–Crippen MR) is 96.4 cm³/mol. The summed E-state index contributed by atoms with van der Waals surface area (Å²) >= 11 is 0. The highest BCUT2D eigenvalue weighted by atomic mass is 16.5. The monoisotopic (exact) mass is 323 g/mol. The van der Waals surface area contributed by atoms with Crippen molar-refractivity contribution < 1.29 is 9.53 Å². The molecule has 0 saturated heterocycles. The summed E-state index contributed by atoms with van der Waals surface area (Å²) in [5.74, 6) is 1.45. The van der Waals surface area contributed by atoms with Gasteiger partial charge in [-0.05, 0) is 49.4 Å². The highest BCUT2D eigenvalue weighted by molar-refractivity contribution is 5.76. The Bertz CT molecular complexity index is 724. The van der Waals surface area contributed by atoms with Crippen molar-refractivity contribution in [3.05, 3.63) is 64.7 Å². The fourth-order valence-corrected chi connectivity index (χ4v) is 3.24. The summed E-state index contributed by atoms with van der Waals surface area (Å²) in [7, 11) is 0. The van der Waals surface area contributed by atoms with Crippen LogP contribution in [-0.2, 0) is 17.6 Å².